The highest BCUT2D eigenvalue weighted by molar-refractivity contribution is 5.71. The zero-order chi connectivity index (χ0) is 34.5. The fraction of sp³-hybridized carbons (Fsp3) is 0.683. The van der Waals surface area contributed by atoms with Crippen LogP contribution in [0, 0.1) is 0 Å². The largest absolute Gasteiger partial charge is 0.462 e. The molecule has 0 heterocycles. The van der Waals surface area contributed by atoms with Gasteiger partial charge >= 0.3 is 17.9 Å². The number of ether oxygens (including phenoxy) is 3. The average Bonchev–Trinajstić information content (AvgIpc) is 3.06. The molecule has 0 aromatic heterocycles. The van der Waals surface area contributed by atoms with Gasteiger partial charge in [-0.1, -0.05) is 139 Å². The minimum atomic E-state index is -0.781. The molecule has 6 nitrogen and oxygen atoms in total. The summed E-state index contributed by atoms with van der Waals surface area (Å²) >= 11 is 0. The highest BCUT2D eigenvalue weighted by Crippen LogP contribution is 2.10. The molecule has 0 radical (unpaired) electrons. The molecule has 0 bridgehead atoms. The lowest BCUT2D eigenvalue weighted by Gasteiger charge is -2.18. The van der Waals surface area contributed by atoms with E-state index in [4.69, 9.17) is 14.2 Å². The first-order valence-electron chi connectivity index (χ1n) is 18.8. The molecule has 0 N–H and O–H groups in total. The van der Waals surface area contributed by atoms with E-state index in [9.17, 15) is 14.4 Å². The second-order valence-corrected chi connectivity index (χ2v) is 12.1. The van der Waals surface area contributed by atoms with Crippen LogP contribution >= 0.6 is 0 Å². The smallest absolute Gasteiger partial charge is 0.306 e. The van der Waals surface area contributed by atoms with Crippen LogP contribution in [0.25, 0.3) is 0 Å². The van der Waals surface area contributed by atoms with Crippen LogP contribution in [0.2, 0.25) is 0 Å². The van der Waals surface area contributed by atoms with Crippen LogP contribution in [0.5, 0.6) is 0 Å². The van der Waals surface area contributed by atoms with E-state index in [1.807, 2.05) is 0 Å². The monoisotopic (exact) mass is 657 g/mol. The van der Waals surface area contributed by atoms with Crippen molar-refractivity contribution in [3.63, 3.8) is 0 Å². The van der Waals surface area contributed by atoms with Crippen LogP contribution in [0.1, 0.15) is 162 Å². The van der Waals surface area contributed by atoms with Gasteiger partial charge in [-0.15, -0.1) is 0 Å². The second-order valence-electron chi connectivity index (χ2n) is 12.1. The Kier molecular flexibility index (Phi) is 33.7. The zero-order valence-electron chi connectivity index (χ0n) is 30.3. The number of hydrogen-bond acceptors (Lipinski definition) is 6. The zero-order valence-corrected chi connectivity index (χ0v) is 30.3. The molecule has 0 unspecified atom stereocenters. The van der Waals surface area contributed by atoms with Crippen molar-refractivity contribution in [2.45, 2.75) is 168 Å². The highest BCUT2D eigenvalue weighted by atomic mass is 16.6. The number of rotatable bonds is 32. The van der Waals surface area contributed by atoms with E-state index in [1.165, 1.54) is 12.8 Å². The maximum absolute atomic E-state index is 12.5. The molecule has 0 fully saturated rings. The minimum Gasteiger partial charge on any atom is -0.462 e. The molecule has 47 heavy (non-hydrogen) atoms. The maximum Gasteiger partial charge on any atom is 0.306 e. The van der Waals surface area contributed by atoms with Gasteiger partial charge in [0.25, 0.3) is 0 Å². The Hall–Kier alpha value is -2.89. The molecule has 0 rings (SSSR count). The van der Waals surface area contributed by atoms with E-state index < -0.39 is 6.10 Å². The van der Waals surface area contributed by atoms with Crippen molar-refractivity contribution in [3.8, 4) is 0 Å². The summed E-state index contributed by atoms with van der Waals surface area (Å²) in [5.74, 6) is -0.962. The summed E-state index contributed by atoms with van der Waals surface area (Å²) in [6.07, 6.45) is 41.2. The number of hydrogen-bond donors (Lipinski definition) is 0. The normalized spacial score (nSPS) is 12.1. The van der Waals surface area contributed by atoms with Crippen molar-refractivity contribution in [2.75, 3.05) is 13.2 Å². The van der Waals surface area contributed by atoms with E-state index in [0.29, 0.717) is 19.3 Å². The second kappa shape index (κ2) is 36.0. The standard InChI is InChI=1S/C41H68O6/c1-4-7-10-13-14-15-16-17-18-19-20-21-22-23-24-25-26-29-32-35-41(44)47-38(36-45-39(42)33-30-27-11-8-5-2)37-46-40(43)34-31-28-12-9-6-3/h7,10,14-15,17-18,20-21,23-24,38H,4-6,8-9,11-13,16,19,22,25-37H2,1-3H3/b10-7-,15-14-,18-17-,21-20-,24-23-. The van der Waals surface area contributed by atoms with Crippen molar-refractivity contribution < 1.29 is 28.6 Å². The Morgan fingerprint density at radius 3 is 1.28 bits per heavy atom. The molecule has 0 atom stereocenters. The third kappa shape index (κ3) is 34.3. The van der Waals surface area contributed by atoms with E-state index in [0.717, 1.165) is 109 Å². The van der Waals surface area contributed by atoms with Crippen LogP contribution < -0.4 is 0 Å². The predicted octanol–water partition coefficient (Wildman–Crippen LogP) is 11.4. The van der Waals surface area contributed by atoms with Gasteiger partial charge in [-0.2, -0.15) is 0 Å². The maximum atomic E-state index is 12.5. The van der Waals surface area contributed by atoms with Crippen molar-refractivity contribution >= 4 is 17.9 Å². The molecule has 0 spiro atoms. The molecule has 0 aromatic carbocycles. The fourth-order valence-electron chi connectivity index (χ4n) is 4.70. The number of unbranched alkanes of at least 4 members (excludes halogenated alkanes) is 11. The Morgan fingerprint density at radius 2 is 0.830 bits per heavy atom. The van der Waals surface area contributed by atoms with Gasteiger partial charge in [0.05, 0.1) is 0 Å². The van der Waals surface area contributed by atoms with Gasteiger partial charge in [-0.05, 0) is 64.2 Å². The summed E-state index contributed by atoms with van der Waals surface area (Å²) in [4.78, 5) is 36.9. The topological polar surface area (TPSA) is 78.9 Å². The fourth-order valence-corrected chi connectivity index (χ4v) is 4.70. The van der Waals surface area contributed by atoms with Gasteiger partial charge in [0.15, 0.2) is 6.10 Å². The molecule has 0 aliphatic heterocycles. The molecular weight excluding hydrogens is 588 g/mol. The van der Waals surface area contributed by atoms with Crippen molar-refractivity contribution in [1.82, 2.24) is 0 Å². The highest BCUT2D eigenvalue weighted by Gasteiger charge is 2.19. The van der Waals surface area contributed by atoms with Crippen molar-refractivity contribution in [3.05, 3.63) is 60.8 Å². The Labute approximate surface area is 288 Å². The van der Waals surface area contributed by atoms with E-state index in [2.05, 4.69) is 81.5 Å². The summed E-state index contributed by atoms with van der Waals surface area (Å²) in [5, 5.41) is 0. The quantitative estimate of drug-likeness (QED) is 0.0310. The molecule has 0 aliphatic carbocycles. The van der Waals surface area contributed by atoms with Gasteiger partial charge in [0.2, 0.25) is 0 Å². The molecule has 0 amide bonds. The molecule has 0 aliphatic rings. The number of esters is 3. The lowest BCUT2D eigenvalue weighted by Crippen LogP contribution is -2.30. The Morgan fingerprint density at radius 1 is 0.447 bits per heavy atom. The van der Waals surface area contributed by atoms with Gasteiger partial charge in [0, 0.05) is 19.3 Å². The van der Waals surface area contributed by atoms with E-state index in [1.54, 1.807) is 0 Å². The molecule has 0 saturated heterocycles. The van der Waals surface area contributed by atoms with Gasteiger partial charge in [-0.25, -0.2) is 0 Å². The van der Waals surface area contributed by atoms with Crippen LogP contribution in [-0.2, 0) is 28.6 Å². The minimum absolute atomic E-state index is 0.0899. The first kappa shape index (κ1) is 44.1. The SMILES string of the molecule is CC/C=C\C/C=C\C/C=C\C/C=C\C/C=C\CCCCCC(=O)OC(COC(=O)CCCCCCC)COC(=O)CCCCCCC. The predicted molar refractivity (Wildman–Crippen MR) is 196 cm³/mol. The summed E-state index contributed by atoms with van der Waals surface area (Å²) in [5.41, 5.74) is 0. The van der Waals surface area contributed by atoms with Crippen LogP contribution in [0.3, 0.4) is 0 Å². The number of carbonyl (C=O) groups excluding carboxylic acids is 3. The third-order valence-corrected chi connectivity index (χ3v) is 7.54. The van der Waals surface area contributed by atoms with Crippen molar-refractivity contribution in [2.24, 2.45) is 0 Å². The first-order valence-corrected chi connectivity index (χ1v) is 18.8. The average molecular weight is 657 g/mol. The lowest BCUT2D eigenvalue weighted by atomic mass is 10.1. The van der Waals surface area contributed by atoms with Gasteiger partial charge in [-0.3, -0.25) is 14.4 Å². The molecular formula is C41H68O6. The Bertz CT molecular complexity index is 868. The lowest BCUT2D eigenvalue weighted by molar-refractivity contribution is -0.167. The van der Waals surface area contributed by atoms with E-state index in [-0.39, 0.29) is 31.1 Å². The number of allylic oxidation sites excluding steroid dienone is 10. The van der Waals surface area contributed by atoms with Crippen LogP contribution in [0.15, 0.2) is 60.8 Å². The summed E-state index contributed by atoms with van der Waals surface area (Å²) < 4.78 is 16.4. The van der Waals surface area contributed by atoms with Crippen LogP contribution in [0.4, 0.5) is 0 Å². The van der Waals surface area contributed by atoms with Gasteiger partial charge < -0.3 is 14.2 Å². The molecule has 6 heteroatoms. The summed E-state index contributed by atoms with van der Waals surface area (Å²) in [6, 6.07) is 0. The van der Waals surface area contributed by atoms with E-state index >= 15 is 0 Å². The Balaban J connectivity index is 4.26. The number of carbonyl (C=O) groups is 3. The molecule has 0 saturated carbocycles. The summed E-state index contributed by atoms with van der Waals surface area (Å²) in [6.45, 7) is 6.28. The first-order chi connectivity index (χ1) is 23.0. The third-order valence-electron chi connectivity index (χ3n) is 7.54. The summed E-state index contributed by atoms with van der Waals surface area (Å²) in [7, 11) is 0. The molecule has 268 valence electrons. The molecule has 0 aromatic rings. The van der Waals surface area contributed by atoms with Gasteiger partial charge in [0.1, 0.15) is 13.2 Å². The van der Waals surface area contributed by atoms with Crippen LogP contribution in [-0.4, -0.2) is 37.2 Å². The van der Waals surface area contributed by atoms with Crippen molar-refractivity contribution in [1.29, 1.82) is 0 Å².